The zero-order valence-corrected chi connectivity index (χ0v) is 14.2. The molecule has 2 aromatic carbocycles. The van der Waals surface area contributed by atoms with E-state index in [1.54, 1.807) is 42.7 Å². The van der Waals surface area contributed by atoms with Gasteiger partial charge in [0.2, 0.25) is 5.91 Å². The Balaban J connectivity index is 1.41. The van der Waals surface area contributed by atoms with Crippen molar-refractivity contribution in [1.29, 1.82) is 0 Å². The van der Waals surface area contributed by atoms with Crippen molar-refractivity contribution in [2.75, 3.05) is 0 Å². The summed E-state index contributed by atoms with van der Waals surface area (Å²) in [5.74, 6) is -0.649. The second kappa shape index (κ2) is 6.91. The molecule has 2 heterocycles. The highest BCUT2D eigenvalue weighted by atomic mass is 19.1. The Hall–Kier alpha value is -3.68. The molecule has 0 bridgehead atoms. The number of hydrogen-bond donors (Lipinski definition) is 2. The summed E-state index contributed by atoms with van der Waals surface area (Å²) in [5.41, 5.74) is 1.81. The van der Waals surface area contributed by atoms with Crippen LogP contribution in [0.5, 0.6) is 0 Å². The Kier molecular flexibility index (Phi) is 4.29. The molecule has 8 heteroatoms. The number of nitrogens with one attached hydrogen (secondary N) is 2. The van der Waals surface area contributed by atoms with Crippen LogP contribution >= 0.6 is 0 Å². The Morgan fingerprint density at radius 1 is 1.19 bits per heavy atom. The summed E-state index contributed by atoms with van der Waals surface area (Å²) in [5, 5.41) is 10.4. The van der Waals surface area contributed by atoms with Crippen LogP contribution < -0.4 is 10.9 Å². The van der Waals surface area contributed by atoms with Gasteiger partial charge in [0.05, 0.1) is 22.8 Å². The van der Waals surface area contributed by atoms with Gasteiger partial charge >= 0.3 is 0 Å². The van der Waals surface area contributed by atoms with E-state index >= 15 is 0 Å². The van der Waals surface area contributed by atoms with E-state index in [1.165, 1.54) is 21.5 Å². The highest BCUT2D eigenvalue weighted by molar-refractivity contribution is 5.79. The molecule has 0 aliphatic heterocycles. The molecular formula is C19H16FN5O2. The fraction of sp³-hybridized carbons (Fsp3) is 0.105. The summed E-state index contributed by atoms with van der Waals surface area (Å²) in [6, 6.07) is 13.2. The van der Waals surface area contributed by atoms with Crippen molar-refractivity contribution in [3.05, 3.63) is 82.7 Å². The van der Waals surface area contributed by atoms with E-state index in [0.717, 1.165) is 5.56 Å². The quantitative estimate of drug-likeness (QED) is 0.567. The van der Waals surface area contributed by atoms with Gasteiger partial charge in [-0.3, -0.25) is 14.7 Å². The third-order valence-corrected chi connectivity index (χ3v) is 4.16. The van der Waals surface area contributed by atoms with Crippen molar-refractivity contribution < 1.29 is 9.18 Å². The first kappa shape index (κ1) is 16.8. The number of hydrogen-bond acceptors (Lipinski definition) is 3. The van der Waals surface area contributed by atoms with E-state index in [-0.39, 0.29) is 30.4 Å². The zero-order chi connectivity index (χ0) is 18.8. The van der Waals surface area contributed by atoms with Crippen molar-refractivity contribution >= 4 is 16.8 Å². The molecule has 2 aromatic heterocycles. The maximum atomic E-state index is 13.3. The number of carbonyl (C=O) groups excluding carboxylic acids is 1. The van der Waals surface area contributed by atoms with Crippen molar-refractivity contribution in [3.8, 4) is 5.69 Å². The van der Waals surface area contributed by atoms with E-state index in [9.17, 15) is 14.0 Å². The Morgan fingerprint density at radius 3 is 2.85 bits per heavy atom. The summed E-state index contributed by atoms with van der Waals surface area (Å²) in [4.78, 5) is 24.4. The normalized spacial score (nSPS) is 11.0. The van der Waals surface area contributed by atoms with E-state index in [1.807, 2.05) is 6.07 Å². The first-order valence-corrected chi connectivity index (χ1v) is 8.34. The van der Waals surface area contributed by atoms with Crippen LogP contribution in [0.2, 0.25) is 0 Å². The number of halogens is 1. The molecule has 4 rings (SSSR count). The van der Waals surface area contributed by atoms with E-state index in [0.29, 0.717) is 16.6 Å². The van der Waals surface area contributed by atoms with Crippen LogP contribution in [0.25, 0.3) is 16.6 Å². The Labute approximate surface area is 153 Å². The maximum absolute atomic E-state index is 13.3. The molecule has 0 spiro atoms. The number of fused-ring (bicyclic) bond motifs is 1. The third kappa shape index (κ3) is 3.50. The highest BCUT2D eigenvalue weighted by Gasteiger charge is 2.10. The molecule has 0 aliphatic carbocycles. The molecule has 0 radical (unpaired) electrons. The fourth-order valence-corrected chi connectivity index (χ4v) is 2.83. The number of para-hydroxylation sites is 1. The van der Waals surface area contributed by atoms with Gasteiger partial charge < -0.3 is 5.32 Å². The number of aromatic amines is 1. The number of aromatic nitrogens is 4. The highest BCUT2D eigenvalue weighted by Crippen LogP contribution is 2.10. The molecule has 2 N–H and O–H groups in total. The predicted octanol–water partition coefficient (Wildman–Crippen LogP) is 1.97. The molecule has 27 heavy (non-hydrogen) atoms. The number of nitrogens with zero attached hydrogens (tertiary/aromatic N) is 3. The SMILES string of the molecule is O=C(Cn1[nH]c2ccccc2c1=O)NCc1cnn(-c2cccc(F)c2)c1. The molecule has 0 aliphatic rings. The fourth-order valence-electron chi connectivity index (χ4n) is 2.83. The number of amides is 1. The lowest BCUT2D eigenvalue weighted by Gasteiger charge is -2.04. The molecule has 4 aromatic rings. The van der Waals surface area contributed by atoms with Gasteiger partial charge in [-0.1, -0.05) is 18.2 Å². The minimum Gasteiger partial charge on any atom is -0.350 e. The lowest BCUT2D eigenvalue weighted by Crippen LogP contribution is -2.31. The van der Waals surface area contributed by atoms with Crippen LogP contribution in [-0.4, -0.2) is 25.5 Å². The Bertz CT molecular complexity index is 1170. The summed E-state index contributed by atoms with van der Waals surface area (Å²) >= 11 is 0. The standard InChI is InChI=1S/C19H16FN5O2/c20-14-4-3-5-15(8-14)24-11-13(10-22-24)9-21-18(26)12-25-19(27)16-6-1-2-7-17(16)23-25/h1-8,10-11,23H,9,12H2,(H,21,26). The molecule has 0 fully saturated rings. The molecule has 0 saturated carbocycles. The van der Waals surface area contributed by atoms with Gasteiger partial charge in [-0.05, 0) is 30.3 Å². The minimum absolute atomic E-state index is 0.106. The molecule has 136 valence electrons. The van der Waals surface area contributed by atoms with Crippen molar-refractivity contribution in [2.45, 2.75) is 13.1 Å². The number of H-pyrrole nitrogens is 1. The first-order chi connectivity index (χ1) is 13.1. The smallest absolute Gasteiger partial charge is 0.274 e. The van der Waals surface area contributed by atoms with Gasteiger partial charge in [0, 0.05) is 18.3 Å². The molecule has 0 unspecified atom stereocenters. The van der Waals surface area contributed by atoms with Crippen molar-refractivity contribution in [2.24, 2.45) is 0 Å². The van der Waals surface area contributed by atoms with E-state index in [2.05, 4.69) is 15.5 Å². The van der Waals surface area contributed by atoms with Gasteiger partial charge in [0.15, 0.2) is 0 Å². The second-order valence-electron chi connectivity index (χ2n) is 6.10. The molecule has 7 nitrogen and oxygen atoms in total. The van der Waals surface area contributed by atoms with Crippen LogP contribution in [0.3, 0.4) is 0 Å². The zero-order valence-electron chi connectivity index (χ0n) is 14.2. The lowest BCUT2D eigenvalue weighted by atomic mass is 10.3. The summed E-state index contributed by atoms with van der Waals surface area (Å²) in [7, 11) is 0. The topological polar surface area (TPSA) is 84.7 Å². The molecule has 1 amide bonds. The van der Waals surface area contributed by atoms with Crippen molar-refractivity contribution in [1.82, 2.24) is 24.9 Å². The van der Waals surface area contributed by atoms with E-state index < -0.39 is 0 Å². The minimum atomic E-state index is -0.346. The molecule has 0 saturated heterocycles. The number of carbonyl (C=O) groups is 1. The largest absolute Gasteiger partial charge is 0.350 e. The van der Waals surface area contributed by atoms with Crippen LogP contribution in [-0.2, 0) is 17.9 Å². The van der Waals surface area contributed by atoms with Crippen LogP contribution in [0, 0.1) is 5.82 Å². The molecule has 0 atom stereocenters. The Morgan fingerprint density at radius 2 is 2.04 bits per heavy atom. The van der Waals surface area contributed by atoms with Crippen molar-refractivity contribution in [3.63, 3.8) is 0 Å². The number of benzene rings is 2. The third-order valence-electron chi connectivity index (χ3n) is 4.16. The maximum Gasteiger partial charge on any atom is 0.274 e. The van der Waals surface area contributed by atoms with Crippen LogP contribution in [0.4, 0.5) is 4.39 Å². The van der Waals surface area contributed by atoms with E-state index in [4.69, 9.17) is 0 Å². The monoisotopic (exact) mass is 365 g/mol. The van der Waals surface area contributed by atoms with Gasteiger partial charge in [-0.15, -0.1) is 0 Å². The summed E-state index contributed by atoms with van der Waals surface area (Å²) in [6.45, 7) is 0.147. The predicted molar refractivity (Wildman–Crippen MR) is 97.9 cm³/mol. The van der Waals surface area contributed by atoms with Crippen LogP contribution in [0.1, 0.15) is 5.56 Å². The van der Waals surface area contributed by atoms with Gasteiger partial charge in [0.1, 0.15) is 12.4 Å². The van der Waals surface area contributed by atoms with Crippen LogP contribution in [0.15, 0.2) is 65.7 Å². The average molecular weight is 365 g/mol. The summed E-state index contributed by atoms with van der Waals surface area (Å²) in [6.07, 6.45) is 3.31. The average Bonchev–Trinajstić information content (AvgIpc) is 3.26. The number of rotatable bonds is 5. The van der Waals surface area contributed by atoms with Gasteiger partial charge in [-0.25, -0.2) is 13.8 Å². The summed E-state index contributed by atoms with van der Waals surface area (Å²) < 4.78 is 16.1. The second-order valence-corrected chi connectivity index (χ2v) is 6.10. The van der Waals surface area contributed by atoms with Gasteiger partial charge in [0.25, 0.3) is 5.56 Å². The first-order valence-electron chi connectivity index (χ1n) is 8.34. The van der Waals surface area contributed by atoms with Gasteiger partial charge in [-0.2, -0.15) is 5.10 Å². The lowest BCUT2D eigenvalue weighted by molar-refractivity contribution is -0.122. The molecular weight excluding hydrogens is 349 g/mol.